The first-order valence-corrected chi connectivity index (χ1v) is 11.2. The van der Waals surface area contributed by atoms with Crippen LogP contribution in [0.15, 0.2) is 48.1 Å². The van der Waals surface area contributed by atoms with E-state index in [1.807, 2.05) is 0 Å². The number of nitrogens with zero attached hydrogens (tertiary/aromatic N) is 1. The van der Waals surface area contributed by atoms with Crippen molar-refractivity contribution in [3.05, 3.63) is 59.1 Å². The maximum atomic E-state index is 13.0. The molecule has 0 bridgehead atoms. The summed E-state index contributed by atoms with van der Waals surface area (Å²) in [5, 5.41) is 7.88. The van der Waals surface area contributed by atoms with Crippen LogP contribution in [0.5, 0.6) is 11.5 Å². The Kier molecular flexibility index (Phi) is 8.18. The maximum Gasteiger partial charge on any atom is 0.417 e. The molecule has 35 heavy (non-hydrogen) atoms. The van der Waals surface area contributed by atoms with Crippen LogP contribution < -0.4 is 25.5 Å². The molecule has 2 aromatic carbocycles. The molecule has 1 aliphatic heterocycles. The molecule has 1 saturated heterocycles. The summed E-state index contributed by atoms with van der Waals surface area (Å²) in [4.78, 5) is 24.6. The van der Waals surface area contributed by atoms with E-state index in [4.69, 9.17) is 21.1 Å². The lowest BCUT2D eigenvalue weighted by Crippen LogP contribution is -2.28. The summed E-state index contributed by atoms with van der Waals surface area (Å²) < 4.78 is 49.5. The van der Waals surface area contributed by atoms with Crippen LogP contribution in [-0.4, -0.2) is 36.5 Å². The number of alkyl halides is 3. The molecule has 0 aliphatic carbocycles. The van der Waals surface area contributed by atoms with Crippen LogP contribution in [0.2, 0.25) is 5.02 Å². The number of anilines is 1. The highest BCUT2D eigenvalue weighted by Crippen LogP contribution is 2.36. The number of hydrogen-bond donors (Lipinski definition) is 3. The van der Waals surface area contributed by atoms with E-state index in [-0.39, 0.29) is 17.3 Å². The second-order valence-electron chi connectivity index (χ2n) is 7.11. The van der Waals surface area contributed by atoms with Gasteiger partial charge in [0.15, 0.2) is 5.17 Å². The van der Waals surface area contributed by atoms with Crippen molar-refractivity contribution in [2.45, 2.75) is 17.8 Å². The van der Waals surface area contributed by atoms with Gasteiger partial charge < -0.3 is 20.1 Å². The van der Waals surface area contributed by atoms with Gasteiger partial charge in [-0.05, 0) is 30.3 Å². The lowest BCUT2D eigenvalue weighted by atomic mass is 10.1. The fourth-order valence-corrected chi connectivity index (χ4v) is 4.17. The van der Waals surface area contributed by atoms with Gasteiger partial charge in [0.25, 0.3) is 0 Å². The Hall–Kier alpha value is -3.38. The van der Waals surface area contributed by atoms with Gasteiger partial charge in [-0.25, -0.2) is 0 Å². The molecule has 2 aromatic rings. The van der Waals surface area contributed by atoms with E-state index in [0.717, 1.165) is 23.9 Å². The highest BCUT2D eigenvalue weighted by molar-refractivity contribution is 8.15. The van der Waals surface area contributed by atoms with Crippen LogP contribution in [0, 0.1) is 0 Å². The van der Waals surface area contributed by atoms with Crippen molar-refractivity contribution in [1.82, 2.24) is 10.7 Å². The second-order valence-corrected chi connectivity index (χ2v) is 8.71. The van der Waals surface area contributed by atoms with Crippen LogP contribution in [0.3, 0.4) is 0 Å². The summed E-state index contributed by atoms with van der Waals surface area (Å²) in [6.07, 6.45) is -4.95. The molecule has 0 spiro atoms. The number of ether oxygens (including phenoxy) is 2. The molecule has 186 valence electrons. The van der Waals surface area contributed by atoms with Gasteiger partial charge >= 0.3 is 6.18 Å². The minimum absolute atomic E-state index is 0.0876. The molecular weight excluding hydrogens is 509 g/mol. The summed E-state index contributed by atoms with van der Waals surface area (Å²) in [5.74, 6) is -0.0200. The number of hydrazone groups is 1. The zero-order valence-corrected chi connectivity index (χ0v) is 20.0. The van der Waals surface area contributed by atoms with Gasteiger partial charge in [0, 0.05) is 23.7 Å². The van der Waals surface area contributed by atoms with Crippen molar-refractivity contribution in [2.75, 3.05) is 19.5 Å². The third-order valence-electron chi connectivity index (χ3n) is 4.73. The Morgan fingerprint density at radius 1 is 1.23 bits per heavy atom. The first kappa shape index (κ1) is 26.2. The summed E-state index contributed by atoms with van der Waals surface area (Å²) in [7, 11) is 3.02. The van der Waals surface area contributed by atoms with E-state index >= 15 is 0 Å². The van der Waals surface area contributed by atoms with E-state index in [0.29, 0.717) is 22.8 Å². The average molecular weight is 529 g/mol. The van der Waals surface area contributed by atoms with Crippen molar-refractivity contribution < 1.29 is 32.2 Å². The standard InChI is InChI=1S/C22H20ClF3N4O4S/c1-11(14-6-5-13(33-2)9-17(14)34-3)29-30-21-28-20(32)18(35-21)10-19(31)27-12-4-7-16(23)15(8-12)22(24,25)26/h4-9,18,29H,1,10H2,2-3H3,(H,27,31)(H,28,30,32)/t18-/m1/s1. The molecule has 0 saturated carbocycles. The quantitative estimate of drug-likeness (QED) is 0.437. The highest BCUT2D eigenvalue weighted by Gasteiger charge is 2.34. The Labute approximate surface area is 207 Å². The normalized spacial score (nSPS) is 16.6. The molecular formula is C22H20ClF3N4O4S. The number of nitrogens with one attached hydrogen (secondary N) is 3. The summed E-state index contributed by atoms with van der Waals surface area (Å²) >= 11 is 6.58. The number of rotatable bonds is 8. The van der Waals surface area contributed by atoms with E-state index < -0.39 is 33.8 Å². The van der Waals surface area contributed by atoms with Crippen molar-refractivity contribution in [2.24, 2.45) is 5.10 Å². The van der Waals surface area contributed by atoms with Crippen LogP contribution in [0.4, 0.5) is 18.9 Å². The number of benzene rings is 2. The predicted molar refractivity (Wildman–Crippen MR) is 128 cm³/mol. The largest absolute Gasteiger partial charge is 0.497 e. The molecule has 1 fully saturated rings. The van der Waals surface area contributed by atoms with Gasteiger partial charge in [-0.15, -0.1) is 5.10 Å². The number of carbonyl (C=O) groups excluding carboxylic acids is 2. The number of carbonyl (C=O) groups is 2. The number of hydrogen-bond acceptors (Lipinski definition) is 7. The zero-order valence-electron chi connectivity index (χ0n) is 18.5. The smallest absolute Gasteiger partial charge is 0.417 e. The molecule has 1 atom stereocenters. The molecule has 2 amide bonds. The molecule has 13 heteroatoms. The number of halogens is 4. The van der Waals surface area contributed by atoms with Crippen LogP contribution in [-0.2, 0) is 15.8 Å². The minimum Gasteiger partial charge on any atom is -0.497 e. The van der Waals surface area contributed by atoms with E-state index in [1.54, 1.807) is 18.2 Å². The molecule has 1 heterocycles. The van der Waals surface area contributed by atoms with Gasteiger partial charge in [-0.3, -0.25) is 15.0 Å². The van der Waals surface area contributed by atoms with E-state index in [9.17, 15) is 22.8 Å². The monoisotopic (exact) mass is 528 g/mol. The minimum atomic E-state index is -4.67. The van der Waals surface area contributed by atoms with E-state index in [2.05, 4.69) is 27.7 Å². The van der Waals surface area contributed by atoms with Gasteiger partial charge in [0.2, 0.25) is 11.8 Å². The Morgan fingerprint density at radius 2 is 1.97 bits per heavy atom. The van der Waals surface area contributed by atoms with Crippen molar-refractivity contribution >= 4 is 51.7 Å². The average Bonchev–Trinajstić information content (AvgIpc) is 3.16. The van der Waals surface area contributed by atoms with Gasteiger partial charge in [-0.2, -0.15) is 13.2 Å². The third kappa shape index (κ3) is 6.61. The molecule has 8 nitrogen and oxygen atoms in total. The van der Waals surface area contributed by atoms with Gasteiger partial charge in [-0.1, -0.05) is 29.9 Å². The van der Waals surface area contributed by atoms with Crippen molar-refractivity contribution in [3.63, 3.8) is 0 Å². The van der Waals surface area contributed by atoms with Gasteiger partial charge in [0.1, 0.15) is 16.7 Å². The van der Waals surface area contributed by atoms with Crippen LogP contribution >= 0.6 is 23.4 Å². The first-order valence-electron chi connectivity index (χ1n) is 9.91. The lowest BCUT2D eigenvalue weighted by molar-refractivity contribution is -0.137. The fourth-order valence-electron chi connectivity index (χ4n) is 3.02. The van der Waals surface area contributed by atoms with Gasteiger partial charge in [0.05, 0.1) is 30.5 Å². The molecule has 3 N–H and O–H groups in total. The lowest BCUT2D eigenvalue weighted by Gasteiger charge is -2.12. The molecule has 0 aromatic heterocycles. The zero-order chi connectivity index (χ0) is 25.8. The fraction of sp³-hybridized carbons (Fsp3) is 0.227. The van der Waals surface area contributed by atoms with E-state index in [1.165, 1.54) is 20.3 Å². The SMILES string of the molecule is C=C(N/N=C1\NC(=O)[C@@H](CC(=O)Nc2ccc(Cl)c(C(F)(F)F)c2)S1)c1ccc(OC)cc1OC. The number of amides is 2. The maximum absolute atomic E-state index is 13.0. The summed E-state index contributed by atoms with van der Waals surface area (Å²) in [5.41, 5.74) is 2.57. The van der Waals surface area contributed by atoms with Crippen LogP contribution in [0.25, 0.3) is 5.70 Å². The Morgan fingerprint density at radius 3 is 2.63 bits per heavy atom. The molecule has 0 radical (unpaired) electrons. The number of thioether (sulfide) groups is 1. The number of methoxy groups -OCH3 is 2. The molecule has 1 aliphatic rings. The predicted octanol–water partition coefficient (Wildman–Crippen LogP) is 4.47. The highest BCUT2D eigenvalue weighted by atomic mass is 35.5. The third-order valence-corrected chi connectivity index (χ3v) is 6.14. The van der Waals surface area contributed by atoms with Crippen molar-refractivity contribution in [1.29, 1.82) is 0 Å². The topological polar surface area (TPSA) is 101 Å². The second kappa shape index (κ2) is 10.9. The Balaban J connectivity index is 1.60. The summed E-state index contributed by atoms with van der Waals surface area (Å²) in [6.45, 7) is 3.90. The first-order chi connectivity index (χ1) is 16.5. The Bertz CT molecular complexity index is 1190. The summed E-state index contributed by atoms with van der Waals surface area (Å²) in [6, 6.07) is 8.14. The number of amidine groups is 1. The molecule has 3 rings (SSSR count). The van der Waals surface area contributed by atoms with Crippen LogP contribution in [0.1, 0.15) is 17.5 Å². The molecule has 0 unspecified atom stereocenters. The van der Waals surface area contributed by atoms with Crippen molar-refractivity contribution in [3.8, 4) is 11.5 Å².